The zero-order chi connectivity index (χ0) is 12.6. The number of Topliss-reactive ketones (excluding diaryl/α,β-unsaturated/α-hetero) is 1. The fraction of sp³-hybridized carbons (Fsp3) is 0.571. The molecule has 0 N–H and O–H groups in total. The van der Waals surface area contributed by atoms with Crippen LogP contribution in [-0.2, 0) is 18.3 Å². The van der Waals surface area contributed by atoms with Crippen LogP contribution in [0, 0.1) is 0 Å². The minimum absolute atomic E-state index is 0.256. The summed E-state index contributed by atoms with van der Waals surface area (Å²) in [5, 5.41) is 3.44. The molecule has 0 spiro atoms. The summed E-state index contributed by atoms with van der Waals surface area (Å²) in [6, 6.07) is 0. The molecular formula is C7H6F5N3O. The van der Waals surface area contributed by atoms with Crippen LogP contribution < -0.4 is 0 Å². The van der Waals surface area contributed by atoms with Crippen LogP contribution in [0.25, 0.3) is 0 Å². The Hall–Kier alpha value is -1.54. The number of aryl methyl sites for hydroxylation is 1. The van der Waals surface area contributed by atoms with E-state index < -0.39 is 24.3 Å². The number of halogens is 5. The molecule has 0 aliphatic carbocycles. The molecule has 4 nitrogen and oxygen atoms in total. The highest BCUT2D eigenvalue weighted by Crippen LogP contribution is 2.36. The SMILES string of the molecule is Cn1ncnc1CC(=O)C(F)(F)C(F)(F)F. The zero-order valence-electron chi connectivity index (χ0n) is 7.92. The van der Waals surface area contributed by atoms with Gasteiger partial charge >= 0.3 is 12.1 Å². The number of carbonyl (C=O) groups excluding carboxylic acids is 1. The maximum Gasteiger partial charge on any atom is 0.461 e. The highest BCUT2D eigenvalue weighted by atomic mass is 19.4. The fourth-order valence-corrected chi connectivity index (χ4v) is 0.893. The van der Waals surface area contributed by atoms with E-state index in [4.69, 9.17) is 0 Å². The molecule has 0 aliphatic rings. The third-order valence-corrected chi connectivity index (χ3v) is 1.83. The molecule has 0 saturated carbocycles. The minimum atomic E-state index is -5.89. The third kappa shape index (κ3) is 2.17. The molecule has 1 heterocycles. The first-order chi connectivity index (χ1) is 7.16. The maximum atomic E-state index is 12.5. The maximum absolute atomic E-state index is 12.5. The van der Waals surface area contributed by atoms with E-state index in [-0.39, 0.29) is 5.82 Å². The van der Waals surface area contributed by atoms with Crippen LogP contribution in [-0.4, -0.2) is 32.6 Å². The van der Waals surface area contributed by atoms with Crippen molar-refractivity contribution in [1.82, 2.24) is 14.8 Å². The van der Waals surface area contributed by atoms with Gasteiger partial charge in [-0.25, -0.2) is 4.98 Å². The van der Waals surface area contributed by atoms with Gasteiger partial charge in [-0.05, 0) is 0 Å². The van der Waals surface area contributed by atoms with E-state index in [0.29, 0.717) is 0 Å². The summed E-state index contributed by atoms with van der Waals surface area (Å²) < 4.78 is 61.4. The average Bonchev–Trinajstić information content (AvgIpc) is 2.49. The van der Waals surface area contributed by atoms with Gasteiger partial charge in [0.05, 0.1) is 6.42 Å². The number of ketones is 1. The van der Waals surface area contributed by atoms with Crippen molar-refractivity contribution in [3.63, 3.8) is 0 Å². The molecule has 0 unspecified atom stereocenters. The summed E-state index contributed by atoms with van der Waals surface area (Å²) in [5.41, 5.74) is 0. The Balaban J connectivity index is 2.85. The molecule has 16 heavy (non-hydrogen) atoms. The van der Waals surface area contributed by atoms with E-state index in [0.717, 1.165) is 11.0 Å². The van der Waals surface area contributed by atoms with Crippen molar-refractivity contribution in [3.8, 4) is 0 Å². The van der Waals surface area contributed by atoms with Gasteiger partial charge < -0.3 is 0 Å². The van der Waals surface area contributed by atoms with Crippen LogP contribution in [0.2, 0.25) is 0 Å². The first-order valence-corrected chi connectivity index (χ1v) is 3.97. The van der Waals surface area contributed by atoms with Crippen molar-refractivity contribution >= 4 is 5.78 Å². The van der Waals surface area contributed by atoms with Crippen LogP contribution in [0.1, 0.15) is 5.82 Å². The van der Waals surface area contributed by atoms with Gasteiger partial charge in [0, 0.05) is 7.05 Å². The monoisotopic (exact) mass is 243 g/mol. The molecule has 0 aliphatic heterocycles. The molecule has 0 bridgehead atoms. The van der Waals surface area contributed by atoms with E-state index in [1.54, 1.807) is 0 Å². The first kappa shape index (κ1) is 12.5. The second-order valence-electron chi connectivity index (χ2n) is 2.97. The van der Waals surface area contributed by atoms with Gasteiger partial charge in [-0.3, -0.25) is 9.48 Å². The van der Waals surface area contributed by atoms with Crippen molar-refractivity contribution in [2.75, 3.05) is 0 Å². The average molecular weight is 243 g/mol. The normalized spacial score (nSPS) is 12.9. The highest BCUT2D eigenvalue weighted by Gasteiger charge is 2.62. The number of hydrogen-bond acceptors (Lipinski definition) is 3. The molecule has 0 amide bonds. The summed E-state index contributed by atoms with van der Waals surface area (Å²) in [6.07, 6.45) is -6.06. The molecule has 0 aromatic carbocycles. The summed E-state index contributed by atoms with van der Waals surface area (Å²) >= 11 is 0. The molecule has 1 aromatic heterocycles. The van der Waals surface area contributed by atoms with Gasteiger partial charge in [-0.2, -0.15) is 27.1 Å². The first-order valence-electron chi connectivity index (χ1n) is 3.97. The van der Waals surface area contributed by atoms with Crippen molar-refractivity contribution in [1.29, 1.82) is 0 Å². The van der Waals surface area contributed by atoms with Crippen molar-refractivity contribution in [2.24, 2.45) is 7.05 Å². The lowest BCUT2D eigenvalue weighted by Crippen LogP contribution is -2.45. The van der Waals surface area contributed by atoms with Crippen molar-refractivity contribution in [3.05, 3.63) is 12.2 Å². The Morgan fingerprint density at radius 2 is 1.94 bits per heavy atom. The standard InChI is InChI=1S/C7H6F5N3O/c1-15-5(13-3-14-15)2-4(16)6(8,9)7(10,11)12/h3H,2H2,1H3. The van der Waals surface area contributed by atoms with Crippen LogP contribution in [0.5, 0.6) is 0 Å². The Morgan fingerprint density at radius 3 is 2.31 bits per heavy atom. The summed E-state index contributed by atoms with van der Waals surface area (Å²) in [4.78, 5) is 14.2. The number of rotatable bonds is 3. The van der Waals surface area contributed by atoms with Crippen molar-refractivity contribution in [2.45, 2.75) is 18.5 Å². The lowest BCUT2D eigenvalue weighted by molar-refractivity contribution is -0.268. The van der Waals surface area contributed by atoms with Gasteiger partial charge in [0.2, 0.25) is 5.78 Å². The van der Waals surface area contributed by atoms with E-state index >= 15 is 0 Å². The number of hydrogen-bond donors (Lipinski definition) is 0. The molecular weight excluding hydrogens is 237 g/mol. The minimum Gasteiger partial charge on any atom is -0.292 e. The van der Waals surface area contributed by atoms with Gasteiger partial charge in [-0.1, -0.05) is 0 Å². The second-order valence-corrected chi connectivity index (χ2v) is 2.97. The highest BCUT2D eigenvalue weighted by molar-refractivity contribution is 5.87. The number of nitrogens with zero attached hydrogens (tertiary/aromatic N) is 3. The Bertz CT molecular complexity index is 397. The van der Waals surface area contributed by atoms with Gasteiger partial charge in [0.15, 0.2) is 0 Å². The molecule has 0 saturated heterocycles. The van der Waals surface area contributed by atoms with E-state index in [9.17, 15) is 26.7 Å². The van der Waals surface area contributed by atoms with Gasteiger partial charge in [-0.15, -0.1) is 0 Å². The van der Waals surface area contributed by atoms with E-state index in [1.807, 2.05) is 0 Å². The third-order valence-electron chi connectivity index (χ3n) is 1.83. The van der Waals surface area contributed by atoms with Crippen LogP contribution in [0.15, 0.2) is 6.33 Å². The smallest absolute Gasteiger partial charge is 0.292 e. The molecule has 0 fully saturated rings. The van der Waals surface area contributed by atoms with Gasteiger partial charge in [0.1, 0.15) is 12.2 Å². The topological polar surface area (TPSA) is 47.8 Å². The molecule has 9 heteroatoms. The molecule has 0 atom stereocenters. The number of alkyl halides is 5. The fourth-order valence-electron chi connectivity index (χ4n) is 0.893. The number of aromatic nitrogens is 3. The summed E-state index contributed by atoms with van der Waals surface area (Å²) in [6.45, 7) is 0. The van der Waals surface area contributed by atoms with Crippen LogP contribution >= 0.6 is 0 Å². The molecule has 1 rings (SSSR count). The predicted octanol–water partition coefficient (Wildman–Crippen LogP) is 1.12. The Labute approximate surface area is 86.1 Å². The molecule has 90 valence electrons. The zero-order valence-corrected chi connectivity index (χ0v) is 7.92. The van der Waals surface area contributed by atoms with E-state index in [2.05, 4.69) is 10.1 Å². The second kappa shape index (κ2) is 3.80. The Kier molecular flexibility index (Phi) is 2.97. The quantitative estimate of drug-likeness (QED) is 0.747. The molecule has 0 radical (unpaired) electrons. The number of carbonyl (C=O) groups is 1. The summed E-state index contributed by atoms with van der Waals surface area (Å²) in [7, 11) is 1.28. The largest absolute Gasteiger partial charge is 0.461 e. The summed E-state index contributed by atoms with van der Waals surface area (Å²) in [5.74, 6) is -7.87. The van der Waals surface area contributed by atoms with Crippen LogP contribution in [0.3, 0.4) is 0 Å². The van der Waals surface area contributed by atoms with E-state index in [1.165, 1.54) is 7.05 Å². The van der Waals surface area contributed by atoms with Crippen LogP contribution in [0.4, 0.5) is 22.0 Å². The lowest BCUT2D eigenvalue weighted by atomic mass is 10.1. The predicted molar refractivity (Wildman–Crippen MR) is 40.7 cm³/mol. The van der Waals surface area contributed by atoms with Gasteiger partial charge in [0.25, 0.3) is 0 Å². The molecule has 1 aromatic rings. The Morgan fingerprint density at radius 1 is 1.38 bits per heavy atom. The lowest BCUT2D eigenvalue weighted by Gasteiger charge is -2.17. The van der Waals surface area contributed by atoms with Crippen molar-refractivity contribution < 1.29 is 26.7 Å².